The van der Waals surface area contributed by atoms with Gasteiger partial charge in [0, 0.05) is 12.8 Å². The summed E-state index contributed by atoms with van der Waals surface area (Å²) in [5, 5.41) is 9.08. The summed E-state index contributed by atoms with van der Waals surface area (Å²) in [4.78, 5) is 22.9. The van der Waals surface area contributed by atoms with E-state index in [1.807, 2.05) is 35.0 Å². The molecular formula is C12H23ClNO3+. The molecule has 1 N–H and O–H groups in total. The van der Waals surface area contributed by atoms with E-state index < -0.39 is 11.9 Å². The molecule has 0 rings (SSSR count). The molecule has 0 radical (unpaired) electrons. The summed E-state index contributed by atoms with van der Waals surface area (Å²) >= 11 is 6.13. The predicted molar refractivity (Wildman–Crippen MR) is 67.9 cm³/mol. The number of rotatable bonds is 7. The molecule has 0 unspecified atom stereocenters. The van der Waals surface area contributed by atoms with Crippen molar-refractivity contribution in [2.45, 2.75) is 32.2 Å². The number of carbonyl (C=O) groups is 2. The Morgan fingerprint density at radius 2 is 1.71 bits per heavy atom. The lowest BCUT2D eigenvalue weighted by Crippen LogP contribution is -2.44. The Balaban J connectivity index is 4.66. The minimum atomic E-state index is -1.07. The van der Waals surface area contributed by atoms with Crippen molar-refractivity contribution < 1.29 is 19.2 Å². The molecule has 17 heavy (non-hydrogen) atoms. The van der Waals surface area contributed by atoms with Crippen LogP contribution in [0.3, 0.4) is 0 Å². The van der Waals surface area contributed by atoms with Gasteiger partial charge >= 0.3 is 5.97 Å². The lowest BCUT2D eigenvalue weighted by Gasteiger charge is -2.30. The Morgan fingerprint density at radius 3 is 2.00 bits per heavy atom. The van der Waals surface area contributed by atoms with Crippen molar-refractivity contribution in [3.8, 4) is 0 Å². The second-order valence-electron chi connectivity index (χ2n) is 5.74. The van der Waals surface area contributed by atoms with Crippen molar-refractivity contribution >= 4 is 23.4 Å². The molecule has 0 saturated heterocycles. The molecule has 0 spiro atoms. The van der Waals surface area contributed by atoms with Gasteiger partial charge in [-0.3, -0.25) is 9.59 Å². The average Bonchev–Trinajstić information content (AvgIpc) is 2.09. The second kappa shape index (κ2) is 6.36. The highest BCUT2D eigenvalue weighted by atomic mass is 35.5. The predicted octanol–water partition coefficient (Wildman–Crippen LogP) is 1.96. The van der Waals surface area contributed by atoms with Gasteiger partial charge in [-0.05, 0) is 5.92 Å². The van der Waals surface area contributed by atoms with E-state index in [9.17, 15) is 9.59 Å². The first-order chi connectivity index (χ1) is 7.55. The molecule has 0 aliphatic rings. The van der Waals surface area contributed by atoms with E-state index in [1.54, 1.807) is 0 Å². The minimum Gasteiger partial charge on any atom is -0.481 e. The Kier molecular flexibility index (Phi) is 6.13. The van der Waals surface area contributed by atoms with Gasteiger partial charge in [-0.1, -0.05) is 25.4 Å². The van der Waals surface area contributed by atoms with E-state index in [0.29, 0.717) is 4.48 Å². The quantitative estimate of drug-likeness (QED) is 0.331. The van der Waals surface area contributed by atoms with Crippen molar-refractivity contribution in [2.75, 3.05) is 21.1 Å². The van der Waals surface area contributed by atoms with Gasteiger partial charge in [0.2, 0.25) is 0 Å². The van der Waals surface area contributed by atoms with Crippen LogP contribution in [0.15, 0.2) is 0 Å². The number of nitrogens with zero attached hydrogens (tertiary/aromatic N) is 1. The highest BCUT2D eigenvalue weighted by Gasteiger charge is 2.33. The lowest BCUT2D eigenvalue weighted by atomic mass is 9.93. The van der Waals surface area contributed by atoms with Crippen LogP contribution in [0.2, 0.25) is 0 Å². The first kappa shape index (κ1) is 16.4. The maximum Gasteiger partial charge on any atom is 0.314 e. The van der Waals surface area contributed by atoms with Gasteiger partial charge in [-0.25, -0.2) is 0 Å². The Labute approximate surface area is 108 Å². The van der Waals surface area contributed by atoms with Gasteiger partial charge in [0.05, 0.1) is 21.1 Å². The molecule has 0 aromatic carbocycles. The van der Waals surface area contributed by atoms with Gasteiger partial charge in [-0.15, -0.1) is 0 Å². The molecule has 2 atom stereocenters. The van der Waals surface area contributed by atoms with Crippen LogP contribution < -0.4 is 0 Å². The van der Waals surface area contributed by atoms with E-state index in [-0.39, 0.29) is 30.0 Å². The summed E-state index contributed by atoms with van der Waals surface area (Å²) in [6, 6.07) is 0. The van der Waals surface area contributed by atoms with E-state index in [1.165, 1.54) is 0 Å². The normalized spacial score (nSPS) is 15.7. The Bertz CT molecular complexity index is 284. The molecule has 0 aromatic heterocycles. The van der Waals surface area contributed by atoms with Crippen molar-refractivity contribution in [3.05, 3.63) is 0 Å². The fraction of sp³-hybridized carbons (Fsp3) is 0.833. The molecule has 0 saturated carbocycles. The maximum atomic E-state index is 11.8. The smallest absolute Gasteiger partial charge is 0.314 e. The van der Waals surface area contributed by atoms with Gasteiger partial charge in [0.25, 0.3) is 0 Å². The average molecular weight is 265 g/mol. The summed E-state index contributed by atoms with van der Waals surface area (Å²) < 4.78 is 0.431. The highest BCUT2D eigenvalue weighted by molar-refractivity contribution is 6.20. The molecule has 0 aromatic rings. The summed E-state index contributed by atoms with van der Waals surface area (Å²) in [6.07, 6.45) is 0.462. The zero-order valence-corrected chi connectivity index (χ0v) is 12.0. The number of quaternary nitrogens is 1. The van der Waals surface area contributed by atoms with Gasteiger partial charge in [0.1, 0.15) is 11.7 Å². The van der Waals surface area contributed by atoms with E-state index >= 15 is 0 Å². The maximum absolute atomic E-state index is 11.8. The third-order valence-corrected chi connectivity index (χ3v) is 3.33. The number of hydrogen-bond acceptors (Lipinski definition) is 2. The third-order valence-electron chi connectivity index (χ3n) is 2.57. The number of Topliss-reactive ketones (excluding diaryl/α,β-unsaturated/α-hetero) is 1. The number of alkyl halides is 1. The van der Waals surface area contributed by atoms with Gasteiger partial charge in [-0.2, -0.15) is 0 Å². The van der Waals surface area contributed by atoms with E-state index in [2.05, 4.69) is 0 Å². The molecule has 0 fully saturated rings. The largest absolute Gasteiger partial charge is 0.481 e. The highest BCUT2D eigenvalue weighted by Crippen LogP contribution is 2.21. The molecule has 0 aliphatic carbocycles. The molecular weight excluding hydrogens is 242 g/mol. The summed E-state index contributed by atoms with van der Waals surface area (Å²) in [6.45, 7) is 3.80. The Morgan fingerprint density at radius 1 is 1.24 bits per heavy atom. The fourth-order valence-corrected chi connectivity index (χ4v) is 1.60. The van der Waals surface area contributed by atoms with Crippen molar-refractivity contribution in [2.24, 2.45) is 11.8 Å². The first-order valence-corrected chi connectivity index (χ1v) is 6.20. The fourth-order valence-electron chi connectivity index (χ4n) is 1.43. The SMILES string of the molecule is CC(C)CC(=O)[C@H](C[C@H](Cl)[N+](C)(C)C)C(=O)O. The standard InChI is InChI=1S/C12H22ClNO3/c1-8(2)6-10(15)9(12(16)17)7-11(13)14(3,4)5/h8-9,11H,6-7H2,1-5H3/p+1/t9-,11+/m0/s1. The van der Waals surface area contributed by atoms with Crippen LogP contribution >= 0.6 is 11.6 Å². The molecule has 0 heterocycles. The summed E-state index contributed by atoms with van der Waals surface area (Å²) in [7, 11) is 5.64. The number of halogens is 1. The number of aliphatic carboxylic acids is 1. The summed E-state index contributed by atoms with van der Waals surface area (Å²) in [5.74, 6) is -2.12. The van der Waals surface area contributed by atoms with Crippen LogP contribution in [-0.4, -0.2) is 48.0 Å². The third kappa shape index (κ3) is 6.03. The number of carbonyl (C=O) groups excluding carboxylic acids is 1. The zero-order valence-electron chi connectivity index (χ0n) is 11.2. The lowest BCUT2D eigenvalue weighted by molar-refractivity contribution is -0.883. The van der Waals surface area contributed by atoms with Crippen LogP contribution in [0.5, 0.6) is 0 Å². The van der Waals surface area contributed by atoms with Crippen molar-refractivity contribution in [3.63, 3.8) is 0 Å². The number of ketones is 1. The first-order valence-electron chi connectivity index (χ1n) is 5.76. The van der Waals surface area contributed by atoms with E-state index in [4.69, 9.17) is 16.7 Å². The van der Waals surface area contributed by atoms with Crippen LogP contribution in [0, 0.1) is 11.8 Å². The minimum absolute atomic E-state index is 0.169. The number of hydrogen-bond donors (Lipinski definition) is 1. The zero-order chi connectivity index (χ0) is 13.8. The molecule has 0 bridgehead atoms. The van der Waals surface area contributed by atoms with Crippen molar-refractivity contribution in [1.29, 1.82) is 0 Å². The monoisotopic (exact) mass is 264 g/mol. The topological polar surface area (TPSA) is 54.4 Å². The molecule has 4 nitrogen and oxygen atoms in total. The van der Waals surface area contributed by atoms with Gasteiger partial charge in [0.15, 0.2) is 5.50 Å². The van der Waals surface area contributed by atoms with Crippen LogP contribution in [0.4, 0.5) is 0 Å². The summed E-state index contributed by atoms with van der Waals surface area (Å²) in [5.41, 5.74) is -0.382. The number of carboxylic acid groups (broad SMARTS) is 1. The number of carboxylic acids is 1. The van der Waals surface area contributed by atoms with Gasteiger partial charge < -0.3 is 9.59 Å². The van der Waals surface area contributed by atoms with Crippen LogP contribution in [0.1, 0.15) is 26.7 Å². The van der Waals surface area contributed by atoms with Crippen molar-refractivity contribution in [1.82, 2.24) is 0 Å². The molecule has 100 valence electrons. The molecule has 0 amide bonds. The van der Waals surface area contributed by atoms with Crippen LogP contribution in [0.25, 0.3) is 0 Å². The second-order valence-corrected chi connectivity index (χ2v) is 6.25. The van der Waals surface area contributed by atoms with E-state index in [0.717, 1.165) is 0 Å². The molecule has 0 aliphatic heterocycles. The van der Waals surface area contributed by atoms with Crippen LogP contribution in [-0.2, 0) is 9.59 Å². The Hall–Kier alpha value is -0.610. The molecule has 5 heteroatoms.